The van der Waals surface area contributed by atoms with Crippen LogP contribution in [0.15, 0.2) is 245 Å². The minimum absolute atomic E-state index is 0. The van der Waals surface area contributed by atoms with Crippen LogP contribution in [0.1, 0.15) is 211 Å². The van der Waals surface area contributed by atoms with Crippen LogP contribution in [-0.2, 0) is 9.53 Å². The Morgan fingerprint density at radius 2 is 0.664 bits per heavy atom. The number of likely N-dealkylation sites (N-methyl/N-ethyl adjacent to an activating group) is 1. The maximum Gasteiger partial charge on any atom is 0.514 e. The molecule has 0 spiro atoms. The number of rotatable bonds is 31. The number of ether oxygens (including phenoxy) is 5. The predicted molar refractivity (Wildman–Crippen MR) is 485 cm³/mol. The summed E-state index contributed by atoms with van der Waals surface area (Å²) in [5.41, 5.74) is 0.830. The number of hydrogen-bond acceptors (Lipinski definition) is 21. The molecule has 2 N–H and O–H groups in total. The molecule has 21 heteroatoms. The third-order valence-corrected chi connectivity index (χ3v) is 25.0. The SMILES string of the molecule is C.C=C(C)C(=O)Oc1ccc(Sc2ccc(C(=O)C(C)(C)N3CCCCC3)cc2)cc1.CC(C)(C(=O)c1ccc(Sc2ccc(OCCO)cc2)cc1)N1CCCCC1.CC(O)COc1ccc(Sc2ccc(C(=O)C(C)(C)N3CCCCC3)cc2)cc1.CCN(CC)C(C)(C)C(=O)c1ccc(Sc2ccc(OC(=O)OC(C)(C)C)cc2)cc1. The lowest BCUT2D eigenvalue weighted by Crippen LogP contribution is -2.52. The molecule has 8 aromatic rings. The molecule has 17 nitrogen and oxygen atoms in total. The van der Waals surface area contributed by atoms with E-state index in [1.54, 1.807) is 106 Å². The van der Waals surface area contributed by atoms with Crippen LogP contribution in [0.5, 0.6) is 23.0 Å². The summed E-state index contributed by atoms with van der Waals surface area (Å²) in [5, 5.41) is 18.1. The van der Waals surface area contributed by atoms with E-state index in [-0.39, 0.29) is 43.8 Å². The van der Waals surface area contributed by atoms with E-state index in [2.05, 4.69) is 40.0 Å². The zero-order chi connectivity index (χ0) is 85.8. The molecule has 3 fully saturated rings. The number of hydrogen-bond donors (Lipinski definition) is 2. The summed E-state index contributed by atoms with van der Waals surface area (Å²) in [6, 6.07) is 61.5. The number of piperidine rings is 3. The smallest absolute Gasteiger partial charge is 0.491 e. The highest BCUT2D eigenvalue weighted by atomic mass is 32.2. The molecule has 11 rings (SSSR count). The van der Waals surface area contributed by atoms with Gasteiger partial charge in [0, 0.05) is 67.0 Å². The number of esters is 1. The number of aliphatic hydroxyl groups excluding tert-OH is 2. The molecule has 1 atom stereocenters. The quantitative estimate of drug-likeness (QED) is 0.0136. The first-order valence-corrected chi connectivity index (χ1v) is 44.4. The van der Waals surface area contributed by atoms with Crippen molar-refractivity contribution in [3.63, 3.8) is 0 Å². The van der Waals surface area contributed by atoms with Crippen LogP contribution in [0.25, 0.3) is 0 Å². The van der Waals surface area contributed by atoms with Crippen molar-refractivity contribution in [1.82, 2.24) is 19.6 Å². The van der Waals surface area contributed by atoms with E-state index in [1.165, 1.54) is 44.9 Å². The lowest BCUT2D eigenvalue weighted by molar-refractivity contribution is -0.130. The minimum atomic E-state index is -0.721. The maximum absolute atomic E-state index is 13.1. The molecule has 1 unspecified atom stereocenters. The zero-order valence-corrected chi connectivity index (χ0v) is 75.0. The Balaban J connectivity index is 0.000000218. The highest BCUT2D eigenvalue weighted by Gasteiger charge is 2.39. The molecule has 0 aromatic heterocycles. The fraction of sp³-hybridized carbons (Fsp3) is 0.429. The number of benzene rings is 8. The Kier molecular flexibility index (Phi) is 38.3. The second kappa shape index (κ2) is 46.6. The van der Waals surface area contributed by atoms with E-state index in [0.29, 0.717) is 29.2 Å². The fourth-order valence-electron chi connectivity index (χ4n) is 13.9. The van der Waals surface area contributed by atoms with Crippen molar-refractivity contribution >= 4 is 82.3 Å². The molecule has 8 aromatic carbocycles. The summed E-state index contributed by atoms with van der Waals surface area (Å²) in [6.07, 6.45) is 9.61. The third-order valence-electron chi connectivity index (χ3n) is 20.9. The molecular formula is C98H126N4O13S4. The number of Topliss-reactive ketones (excluding diaryl/α,β-unsaturated/α-hetero) is 4. The Labute approximate surface area is 725 Å². The van der Waals surface area contributed by atoms with Crippen molar-refractivity contribution in [3.05, 3.63) is 229 Å². The van der Waals surface area contributed by atoms with Crippen molar-refractivity contribution in [2.75, 3.05) is 72.2 Å². The van der Waals surface area contributed by atoms with E-state index < -0.39 is 46.0 Å². The van der Waals surface area contributed by atoms with Crippen LogP contribution in [0, 0.1) is 0 Å². The van der Waals surface area contributed by atoms with Gasteiger partial charge in [-0.2, -0.15) is 0 Å². The maximum atomic E-state index is 13.1. The van der Waals surface area contributed by atoms with E-state index in [0.717, 1.165) is 133 Å². The average Bonchev–Trinajstić information content (AvgIpc) is 0.820. The summed E-state index contributed by atoms with van der Waals surface area (Å²) < 4.78 is 26.4. The van der Waals surface area contributed by atoms with E-state index in [4.69, 9.17) is 28.8 Å². The van der Waals surface area contributed by atoms with Crippen LogP contribution in [0.3, 0.4) is 0 Å². The largest absolute Gasteiger partial charge is 0.514 e. The van der Waals surface area contributed by atoms with Crippen LogP contribution in [0.2, 0.25) is 0 Å². The molecule has 0 aliphatic carbocycles. The standard InChI is InChI=1S/C25H33NO4S.C25H29NO3S.C24H31NO3S.C23H29NO3S.CH4/c1-8-26(9-2)25(6,7)22(27)18-10-14-20(15-11-18)31-21-16-12-19(13-17-21)29-23(28)30-24(3,4)5;1-18(2)24(28)29-20-10-14-22(15-11-20)30-21-12-8-19(9-13-21)23(27)25(3,4)26-16-6-5-7-17-26;1-18(26)17-28-20-9-13-22(14-10-20)29-21-11-7-19(8-12-21)23(27)24(2,3)25-15-5-4-6-16-25;1-23(2,24-14-4-3-5-15-24)22(26)18-6-10-20(11-7-18)28-21-12-8-19(9-13-21)27-17-16-25;/h10-17H,8-9H2,1-7H3;8-15H,1,5-7,16-17H2,2-4H3;7-14,18,26H,4-6,15-17H2,1-3H3;6-13,25H,3-5,14-17H2,1-2H3;1H4. The summed E-state index contributed by atoms with van der Waals surface area (Å²) in [4.78, 5) is 93.3. The van der Waals surface area contributed by atoms with Gasteiger partial charge in [0.15, 0.2) is 23.1 Å². The number of likely N-dealkylation sites (tertiary alicyclic amines) is 3. The Morgan fingerprint density at radius 1 is 0.403 bits per heavy atom. The molecule has 3 heterocycles. The second-order valence-electron chi connectivity index (χ2n) is 32.7. The van der Waals surface area contributed by atoms with Gasteiger partial charge in [0.2, 0.25) is 0 Å². The average molecular weight is 1700 g/mol. The topological polar surface area (TPSA) is 202 Å². The van der Waals surface area contributed by atoms with Gasteiger partial charge < -0.3 is 33.9 Å². The van der Waals surface area contributed by atoms with Crippen molar-refractivity contribution in [2.45, 2.75) is 242 Å². The van der Waals surface area contributed by atoms with Gasteiger partial charge in [-0.3, -0.25) is 38.8 Å². The first-order valence-electron chi connectivity index (χ1n) is 41.1. The molecule has 0 bridgehead atoms. The number of aliphatic hydroxyl groups is 2. The first kappa shape index (κ1) is 97.8. The number of carbonyl (C=O) groups excluding carboxylic acids is 6. The fourth-order valence-corrected chi connectivity index (χ4v) is 17.2. The van der Waals surface area contributed by atoms with Gasteiger partial charge >= 0.3 is 12.1 Å². The van der Waals surface area contributed by atoms with Crippen molar-refractivity contribution in [2.24, 2.45) is 0 Å². The number of ketones is 4. The van der Waals surface area contributed by atoms with E-state index in [1.807, 2.05) is 225 Å². The predicted octanol–water partition coefficient (Wildman–Crippen LogP) is 22.6. The van der Waals surface area contributed by atoms with Crippen LogP contribution < -0.4 is 18.9 Å². The summed E-state index contributed by atoms with van der Waals surface area (Å²) in [5.74, 6) is 2.66. The summed E-state index contributed by atoms with van der Waals surface area (Å²) in [7, 11) is 0. The van der Waals surface area contributed by atoms with Gasteiger partial charge in [0.25, 0.3) is 0 Å². The first-order chi connectivity index (χ1) is 56.1. The van der Waals surface area contributed by atoms with Crippen molar-refractivity contribution in [3.8, 4) is 23.0 Å². The van der Waals surface area contributed by atoms with Gasteiger partial charge in [0.1, 0.15) is 41.8 Å². The molecule has 0 amide bonds. The molecule has 3 aliphatic heterocycles. The van der Waals surface area contributed by atoms with Gasteiger partial charge in [-0.25, -0.2) is 9.59 Å². The Hall–Kier alpha value is -8.32. The van der Waals surface area contributed by atoms with Gasteiger partial charge in [-0.05, 0) is 326 Å². The highest BCUT2D eigenvalue weighted by Crippen LogP contribution is 2.37. The lowest BCUT2D eigenvalue weighted by Gasteiger charge is -2.39. The zero-order valence-electron chi connectivity index (χ0n) is 71.7. The lowest BCUT2D eigenvalue weighted by atomic mass is 9.89. The molecule has 3 saturated heterocycles. The van der Waals surface area contributed by atoms with Crippen LogP contribution in [0.4, 0.5) is 4.79 Å². The minimum Gasteiger partial charge on any atom is -0.491 e. The number of nitrogens with zero attached hydrogens (tertiary/aromatic N) is 4. The van der Waals surface area contributed by atoms with Crippen LogP contribution >= 0.6 is 47.0 Å². The van der Waals surface area contributed by atoms with Gasteiger partial charge in [0.05, 0.1) is 34.9 Å². The van der Waals surface area contributed by atoms with Gasteiger partial charge in [-0.15, -0.1) is 0 Å². The van der Waals surface area contributed by atoms with E-state index in [9.17, 15) is 33.9 Å². The molecule has 119 heavy (non-hydrogen) atoms. The summed E-state index contributed by atoms with van der Waals surface area (Å²) in [6.45, 7) is 40.9. The number of carbonyl (C=O) groups is 6. The van der Waals surface area contributed by atoms with Crippen molar-refractivity contribution in [1.29, 1.82) is 0 Å². The summed E-state index contributed by atoms with van der Waals surface area (Å²) >= 11 is 6.47. The molecule has 640 valence electrons. The molecule has 0 radical (unpaired) electrons. The Bertz CT molecular complexity index is 4510. The second-order valence-corrected chi connectivity index (χ2v) is 37.3. The van der Waals surface area contributed by atoms with E-state index >= 15 is 0 Å². The third kappa shape index (κ3) is 30.1. The molecule has 0 saturated carbocycles. The molecule has 3 aliphatic rings. The monoisotopic (exact) mass is 1690 g/mol. The van der Waals surface area contributed by atoms with Crippen LogP contribution in [-0.4, -0.2) is 171 Å². The van der Waals surface area contributed by atoms with Crippen molar-refractivity contribution < 1.29 is 62.7 Å². The molecular weight excluding hydrogens is 1570 g/mol. The highest BCUT2D eigenvalue weighted by molar-refractivity contribution is 8.00. The van der Waals surface area contributed by atoms with Gasteiger partial charge in [-0.1, -0.05) is 143 Å². The normalized spacial score (nSPS) is 14.5. The Morgan fingerprint density at radius 3 is 0.924 bits per heavy atom.